The van der Waals surface area contributed by atoms with Crippen LogP contribution in [0.5, 0.6) is 11.5 Å². The molecule has 2 saturated heterocycles. The van der Waals surface area contributed by atoms with Gasteiger partial charge in [-0.1, -0.05) is 15.9 Å². The monoisotopic (exact) mass is 514 g/mol. The number of ether oxygens (including phenoxy) is 3. The van der Waals surface area contributed by atoms with Crippen LogP contribution in [-0.2, 0) is 14.3 Å². The van der Waals surface area contributed by atoms with Crippen molar-refractivity contribution in [1.82, 2.24) is 4.90 Å². The van der Waals surface area contributed by atoms with Crippen LogP contribution in [0.1, 0.15) is 25.5 Å². The molecule has 5 rings (SSSR count). The molecule has 0 aliphatic carbocycles. The first-order chi connectivity index (χ1) is 15.8. The van der Waals surface area contributed by atoms with Gasteiger partial charge < -0.3 is 19.1 Å². The number of carbonyl (C=O) groups is 3. The minimum atomic E-state index is -1.41. The molecule has 3 amide bonds. The molecular formula is C24H23BrN2O6. The van der Waals surface area contributed by atoms with Crippen LogP contribution in [0.15, 0.2) is 46.9 Å². The van der Waals surface area contributed by atoms with Crippen molar-refractivity contribution in [3.63, 3.8) is 0 Å². The van der Waals surface area contributed by atoms with Gasteiger partial charge in [-0.2, -0.15) is 0 Å². The van der Waals surface area contributed by atoms with Gasteiger partial charge in [-0.15, -0.1) is 0 Å². The molecule has 0 aromatic heterocycles. The number of carbonyl (C=O) groups excluding carboxylic acids is 3. The van der Waals surface area contributed by atoms with Gasteiger partial charge in [-0.25, -0.2) is 9.69 Å². The van der Waals surface area contributed by atoms with Crippen LogP contribution in [0.4, 0.5) is 10.5 Å². The summed E-state index contributed by atoms with van der Waals surface area (Å²) in [6, 6.07) is 11.3. The Morgan fingerprint density at radius 3 is 2.61 bits per heavy atom. The number of rotatable bonds is 4. The molecule has 0 radical (unpaired) electrons. The quantitative estimate of drug-likeness (QED) is 0.453. The van der Waals surface area contributed by atoms with Gasteiger partial charge in [-0.3, -0.25) is 9.59 Å². The summed E-state index contributed by atoms with van der Waals surface area (Å²) in [5.74, 6) is -0.998. The van der Waals surface area contributed by atoms with Crippen molar-refractivity contribution in [1.29, 1.82) is 0 Å². The fourth-order valence-corrected chi connectivity index (χ4v) is 5.80. The maximum Gasteiger partial charge on any atom is 0.332 e. The highest BCUT2D eigenvalue weighted by Crippen LogP contribution is 2.58. The lowest BCUT2D eigenvalue weighted by molar-refractivity contribution is -0.154. The zero-order valence-electron chi connectivity index (χ0n) is 18.4. The van der Waals surface area contributed by atoms with E-state index in [9.17, 15) is 14.4 Å². The van der Waals surface area contributed by atoms with E-state index in [1.165, 1.54) is 0 Å². The van der Waals surface area contributed by atoms with Gasteiger partial charge in [0.15, 0.2) is 0 Å². The summed E-state index contributed by atoms with van der Waals surface area (Å²) in [4.78, 5) is 43.6. The summed E-state index contributed by atoms with van der Waals surface area (Å²) in [5, 5.41) is 0. The lowest BCUT2D eigenvalue weighted by Crippen LogP contribution is -2.51. The number of fused-ring (bicyclic) bond motifs is 5. The number of esters is 1. The van der Waals surface area contributed by atoms with Crippen LogP contribution in [0.2, 0.25) is 0 Å². The van der Waals surface area contributed by atoms with Crippen LogP contribution in [-0.4, -0.2) is 48.7 Å². The molecular weight excluding hydrogens is 492 g/mol. The fourth-order valence-electron chi connectivity index (χ4n) is 5.42. The average Bonchev–Trinajstić information content (AvgIpc) is 3.19. The van der Waals surface area contributed by atoms with E-state index >= 15 is 0 Å². The first-order valence-electron chi connectivity index (χ1n) is 10.7. The molecule has 172 valence electrons. The lowest BCUT2D eigenvalue weighted by Gasteiger charge is -2.34. The Hall–Kier alpha value is -3.07. The first-order valence-corrected chi connectivity index (χ1v) is 11.5. The minimum Gasteiger partial charge on any atom is -0.497 e. The molecule has 33 heavy (non-hydrogen) atoms. The van der Waals surface area contributed by atoms with Crippen LogP contribution in [0.25, 0.3) is 0 Å². The molecule has 2 aromatic carbocycles. The number of anilines is 1. The minimum absolute atomic E-state index is 0.177. The third-order valence-corrected chi connectivity index (χ3v) is 7.34. The van der Waals surface area contributed by atoms with Gasteiger partial charge in [0.2, 0.25) is 0 Å². The normalized spacial score (nSPS) is 27.6. The second-order valence-corrected chi connectivity index (χ2v) is 9.39. The summed E-state index contributed by atoms with van der Waals surface area (Å²) in [7, 11) is 1.54. The van der Waals surface area contributed by atoms with E-state index < -0.39 is 41.3 Å². The predicted molar refractivity (Wildman–Crippen MR) is 122 cm³/mol. The van der Waals surface area contributed by atoms with Crippen molar-refractivity contribution in [2.75, 3.05) is 25.2 Å². The maximum atomic E-state index is 13.9. The topological polar surface area (TPSA) is 85.4 Å². The van der Waals surface area contributed by atoms with E-state index in [1.54, 1.807) is 50.1 Å². The highest BCUT2D eigenvalue weighted by atomic mass is 79.9. The summed E-state index contributed by atoms with van der Waals surface area (Å²) in [6.07, 6.45) is 0. The Morgan fingerprint density at radius 2 is 1.94 bits per heavy atom. The summed E-state index contributed by atoms with van der Waals surface area (Å²) < 4.78 is 17.4. The van der Waals surface area contributed by atoms with Crippen LogP contribution in [0, 0.1) is 11.8 Å². The van der Waals surface area contributed by atoms with E-state index in [4.69, 9.17) is 14.2 Å². The standard InChI is InChI=1S/C24H23BrN2O6/c1-4-32-21(28)19-17-12-33-18-10-5-13(25)11-16(18)20(17)27-23(30)26(22(29)24(19,27)2)14-6-8-15(31-3)9-7-14/h5-11,17,19-20H,4,12H2,1-3H3/t17-,19+,20-,24+/m1/s1. The van der Waals surface area contributed by atoms with Crippen molar-refractivity contribution in [2.24, 2.45) is 11.8 Å². The number of urea groups is 1. The lowest BCUT2D eigenvalue weighted by atomic mass is 9.77. The van der Waals surface area contributed by atoms with Gasteiger partial charge >= 0.3 is 12.0 Å². The number of hydrogen-bond acceptors (Lipinski definition) is 6. The molecule has 2 aromatic rings. The third kappa shape index (κ3) is 2.98. The second-order valence-electron chi connectivity index (χ2n) is 8.47. The van der Waals surface area contributed by atoms with Crippen LogP contribution >= 0.6 is 15.9 Å². The first kappa shape index (κ1) is 21.8. The zero-order valence-corrected chi connectivity index (χ0v) is 20.0. The Bertz CT molecular complexity index is 1150. The molecule has 3 aliphatic rings. The molecule has 8 nitrogen and oxygen atoms in total. The van der Waals surface area contributed by atoms with Crippen molar-refractivity contribution in [3.05, 3.63) is 52.5 Å². The number of methoxy groups -OCH3 is 1. The van der Waals surface area contributed by atoms with Crippen LogP contribution < -0.4 is 14.4 Å². The summed E-state index contributed by atoms with van der Waals surface area (Å²) >= 11 is 3.49. The SMILES string of the molecule is CCOC(=O)[C@@H]1[C@H]2COc3ccc(Br)cc3[C@H]2N2C(=O)N(c3ccc(OC)cc3)C(=O)[C@]12C. The Labute approximate surface area is 199 Å². The van der Waals surface area contributed by atoms with Crippen molar-refractivity contribution < 1.29 is 28.6 Å². The average molecular weight is 515 g/mol. The highest BCUT2D eigenvalue weighted by Gasteiger charge is 2.72. The number of amides is 3. The van der Waals surface area contributed by atoms with Gasteiger partial charge in [0.1, 0.15) is 17.0 Å². The maximum absolute atomic E-state index is 13.9. The number of hydrogen-bond donors (Lipinski definition) is 0. The molecule has 0 saturated carbocycles. The van der Waals surface area contributed by atoms with Gasteiger partial charge in [0, 0.05) is 16.0 Å². The van der Waals surface area contributed by atoms with E-state index in [1.807, 2.05) is 18.2 Å². The molecule has 0 bridgehead atoms. The molecule has 3 aliphatic heterocycles. The molecule has 9 heteroatoms. The Kier molecular flexibility index (Phi) is 5.12. The molecule has 3 heterocycles. The molecule has 2 fully saturated rings. The van der Waals surface area contributed by atoms with E-state index in [-0.39, 0.29) is 13.2 Å². The van der Waals surface area contributed by atoms with Crippen LogP contribution in [0.3, 0.4) is 0 Å². The highest BCUT2D eigenvalue weighted by molar-refractivity contribution is 9.10. The summed E-state index contributed by atoms with van der Waals surface area (Å²) in [6.45, 7) is 3.77. The number of imide groups is 1. The number of benzene rings is 2. The smallest absolute Gasteiger partial charge is 0.332 e. The van der Waals surface area contributed by atoms with Gasteiger partial charge in [-0.05, 0) is 56.3 Å². The molecule has 0 N–H and O–H groups in total. The zero-order chi connectivity index (χ0) is 23.5. The van der Waals surface area contributed by atoms with Crippen molar-refractivity contribution in [3.8, 4) is 11.5 Å². The molecule has 4 atom stereocenters. The third-order valence-electron chi connectivity index (χ3n) is 6.84. The van der Waals surface area contributed by atoms with E-state index in [2.05, 4.69) is 15.9 Å². The molecule has 0 spiro atoms. The second kappa shape index (κ2) is 7.76. The van der Waals surface area contributed by atoms with Gasteiger partial charge in [0.05, 0.1) is 38.0 Å². The van der Waals surface area contributed by atoms with Crippen molar-refractivity contribution >= 4 is 39.5 Å². The largest absolute Gasteiger partial charge is 0.497 e. The van der Waals surface area contributed by atoms with Crippen molar-refractivity contribution in [2.45, 2.75) is 25.4 Å². The Balaban J connectivity index is 1.66. The predicted octanol–water partition coefficient (Wildman–Crippen LogP) is 3.93. The van der Waals surface area contributed by atoms with Gasteiger partial charge in [0.25, 0.3) is 5.91 Å². The van der Waals surface area contributed by atoms with E-state index in [0.717, 1.165) is 14.9 Å². The fraction of sp³-hybridized carbons (Fsp3) is 0.375. The van der Waals surface area contributed by atoms with E-state index in [0.29, 0.717) is 17.2 Å². The Morgan fingerprint density at radius 1 is 1.21 bits per heavy atom. The summed E-state index contributed by atoms with van der Waals surface area (Å²) in [5.41, 5.74) is -0.232. The molecule has 0 unspecified atom stereocenters. The number of halogens is 1. The number of nitrogens with zero attached hydrogens (tertiary/aromatic N) is 2.